The average molecular weight is 277 g/mol. The Morgan fingerprint density at radius 3 is 2.22 bits per heavy atom. The third kappa shape index (κ3) is 2.55. The van der Waals surface area contributed by atoms with Crippen LogP contribution >= 0.6 is 0 Å². The van der Waals surface area contributed by atoms with Gasteiger partial charge >= 0.3 is 29.6 Å². The number of aromatic hydroxyl groups is 1. The van der Waals surface area contributed by atoms with Crippen molar-refractivity contribution in [1.82, 2.24) is 0 Å². The van der Waals surface area contributed by atoms with Gasteiger partial charge in [0, 0.05) is 16.8 Å². The number of phenolic OH excluding ortho intramolecular Hbond substituents is 1. The third-order valence-corrected chi connectivity index (χ3v) is 3.20. The fourth-order valence-corrected chi connectivity index (χ4v) is 2.26. The number of fused-ring (bicyclic) bond motifs is 1. The normalized spacial score (nSPS) is 10.9. The van der Waals surface area contributed by atoms with Crippen molar-refractivity contribution in [3.05, 3.63) is 35.2 Å². The van der Waals surface area contributed by atoms with E-state index in [1.165, 1.54) is 12.1 Å². The van der Waals surface area contributed by atoms with Gasteiger partial charge in [-0.1, -0.05) is 24.3 Å². The SMILES string of the molecule is O=Nc1c(S(=O)(=O)O)cc(O)c2ccccc12.[H-].[Na+]. The number of nitrogens with zero attached hydrogens (tertiary/aromatic N) is 1. The molecule has 6 nitrogen and oxygen atoms in total. The van der Waals surface area contributed by atoms with Gasteiger partial charge in [-0.15, -0.1) is 4.91 Å². The van der Waals surface area contributed by atoms with Gasteiger partial charge < -0.3 is 6.53 Å². The molecule has 0 atom stereocenters. The van der Waals surface area contributed by atoms with Crippen LogP contribution in [0.15, 0.2) is 40.4 Å². The molecule has 2 N–H and O–H groups in total. The minimum Gasteiger partial charge on any atom is -1.00 e. The van der Waals surface area contributed by atoms with E-state index in [1.54, 1.807) is 12.1 Å². The number of hydrogen-bond acceptors (Lipinski definition) is 5. The predicted octanol–water partition coefficient (Wildman–Crippen LogP) is -0.693. The van der Waals surface area contributed by atoms with Crippen LogP contribution in [0.3, 0.4) is 0 Å². The Labute approximate surface area is 126 Å². The second-order valence-electron chi connectivity index (χ2n) is 3.35. The van der Waals surface area contributed by atoms with Gasteiger partial charge in [0.1, 0.15) is 16.3 Å². The van der Waals surface area contributed by atoms with Gasteiger partial charge in [0.25, 0.3) is 10.1 Å². The molecular formula is C10H8NNaO5S. The van der Waals surface area contributed by atoms with Crippen LogP contribution < -0.4 is 29.6 Å². The van der Waals surface area contributed by atoms with Crippen molar-refractivity contribution in [2.75, 3.05) is 0 Å². The van der Waals surface area contributed by atoms with Crippen LogP contribution in [0.25, 0.3) is 10.8 Å². The molecule has 2 aromatic rings. The zero-order valence-electron chi connectivity index (χ0n) is 10.4. The predicted molar refractivity (Wildman–Crippen MR) is 62.0 cm³/mol. The fraction of sp³-hybridized carbons (Fsp3) is 0. The van der Waals surface area contributed by atoms with E-state index in [4.69, 9.17) is 4.55 Å². The summed E-state index contributed by atoms with van der Waals surface area (Å²) in [5.74, 6) is -0.347. The Morgan fingerprint density at radius 2 is 1.72 bits per heavy atom. The Morgan fingerprint density at radius 1 is 1.17 bits per heavy atom. The molecule has 90 valence electrons. The molecule has 0 radical (unpaired) electrons. The molecule has 2 rings (SSSR count). The number of phenols is 1. The Kier molecular flexibility index (Phi) is 4.46. The van der Waals surface area contributed by atoms with E-state index in [1.807, 2.05) is 0 Å². The Balaban J connectivity index is 0.00000162. The zero-order valence-corrected chi connectivity index (χ0v) is 12.2. The van der Waals surface area contributed by atoms with Crippen LogP contribution in [0.5, 0.6) is 5.75 Å². The molecule has 2 aromatic carbocycles. The second-order valence-corrected chi connectivity index (χ2v) is 4.74. The van der Waals surface area contributed by atoms with Crippen LogP contribution in [0.4, 0.5) is 5.69 Å². The monoisotopic (exact) mass is 277 g/mol. The fourth-order valence-electron chi connectivity index (χ4n) is 1.61. The maximum Gasteiger partial charge on any atom is 1.00 e. The van der Waals surface area contributed by atoms with Crippen LogP contribution in [-0.2, 0) is 10.1 Å². The van der Waals surface area contributed by atoms with Crippen molar-refractivity contribution >= 4 is 26.6 Å². The molecule has 0 saturated carbocycles. The third-order valence-electron chi connectivity index (χ3n) is 2.33. The van der Waals surface area contributed by atoms with Crippen LogP contribution in [0, 0.1) is 4.91 Å². The maximum atomic E-state index is 11.1. The molecule has 0 aliphatic heterocycles. The molecule has 8 heteroatoms. The number of nitroso groups, excluding NO2 is 1. The molecule has 0 fully saturated rings. The van der Waals surface area contributed by atoms with Crippen molar-refractivity contribution in [1.29, 1.82) is 0 Å². The molecule has 18 heavy (non-hydrogen) atoms. The van der Waals surface area contributed by atoms with Crippen LogP contribution in [0.1, 0.15) is 1.43 Å². The van der Waals surface area contributed by atoms with Crippen molar-refractivity contribution in [2.24, 2.45) is 5.18 Å². The van der Waals surface area contributed by atoms with Gasteiger partial charge in [-0.3, -0.25) is 4.55 Å². The minimum absolute atomic E-state index is 0. The van der Waals surface area contributed by atoms with Crippen LogP contribution in [0.2, 0.25) is 0 Å². The molecule has 0 amide bonds. The largest absolute Gasteiger partial charge is 1.00 e. The van der Waals surface area contributed by atoms with Gasteiger partial charge in [0.05, 0.1) is 0 Å². The van der Waals surface area contributed by atoms with E-state index in [0.717, 1.165) is 6.07 Å². The topological polar surface area (TPSA) is 104 Å². The molecule has 0 aromatic heterocycles. The Hall–Kier alpha value is -0.990. The summed E-state index contributed by atoms with van der Waals surface area (Å²) in [6.45, 7) is 0. The molecule has 0 aliphatic rings. The molecule has 0 saturated heterocycles. The van der Waals surface area contributed by atoms with Crippen LogP contribution in [-0.4, -0.2) is 18.1 Å². The van der Waals surface area contributed by atoms with Gasteiger partial charge in [-0.05, 0) is 5.18 Å². The number of benzene rings is 2. The van der Waals surface area contributed by atoms with Gasteiger partial charge in [-0.2, -0.15) is 8.42 Å². The number of hydrogen-bond donors (Lipinski definition) is 2. The van der Waals surface area contributed by atoms with Crippen molar-refractivity contribution < 1.29 is 49.1 Å². The molecule has 0 unspecified atom stereocenters. The smallest absolute Gasteiger partial charge is 1.00 e. The summed E-state index contributed by atoms with van der Waals surface area (Å²) < 4.78 is 31.1. The maximum absolute atomic E-state index is 11.1. The first-order valence-electron chi connectivity index (χ1n) is 4.50. The van der Waals surface area contributed by atoms with E-state index in [-0.39, 0.29) is 47.5 Å². The van der Waals surface area contributed by atoms with E-state index in [2.05, 4.69) is 5.18 Å². The first-order chi connectivity index (χ1) is 7.95. The first-order valence-corrected chi connectivity index (χ1v) is 5.94. The van der Waals surface area contributed by atoms with Gasteiger partial charge in [0.15, 0.2) is 0 Å². The summed E-state index contributed by atoms with van der Waals surface area (Å²) in [6, 6.07) is 6.91. The van der Waals surface area contributed by atoms with Crippen molar-refractivity contribution in [2.45, 2.75) is 4.90 Å². The average Bonchev–Trinajstić information content (AvgIpc) is 2.28. The van der Waals surface area contributed by atoms with E-state index < -0.39 is 20.7 Å². The summed E-state index contributed by atoms with van der Waals surface area (Å²) in [5, 5.41) is 12.7. The zero-order chi connectivity index (χ0) is 12.6. The summed E-state index contributed by atoms with van der Waals surface area (Å²) >= 11 is 0. The molecule has 0 bridgehead atoms. The molecule has 0 heterocycles. The number of rotatable bonds is 2. The summed E-state index contributed by atoms with van der Waals surface area (Å²) in [6.07, 6.45) is 0. The molecule has 0 aliphatic carbocycles. The second kappa shape index (κ2) is 5.33. The summed E-state index contributed by atoms with van der Waals surface area (Å²) in [5.41, 5.74) is -0.416. The molecule has 0 spiro atoms. The summed E-state index contributed by atoms with van der Waals surface area (Å²) in [7, 11) is -4.61. The van der Waals surface area contributed by atoms with Crippen molar-refractivity contribution in [3.63, 3.8) is 0 Å². The van der Waals surface area contributed by atoms with E-state index in [0.29, 0.717) is 0 Å². The molecular weight excluding hydrogens is 269 g/mol. The Bertz CT molecular complexity index is 719. The standard InChI is InChI=1S/C10H7NO5S.Na.H/c12-8-5-9(17(14,15)16)10(11-13)7-4-2-1-3-6(7)8;;/h1-5,12H,(H,14,15,16);;/q;+1;-1. The van der Waals surface area contributed by atoms with Crippen molar-refractivity contribution in [3.8, 4) is 5.75 Å². The van der Waals surface area contributed by atoms with Gasteiger partial charge in [0.2, 0.25) is 0 Å². The van der Waals surface area contributed by atoms with E-state index >= 15 is 0 Å². The summed E-state index contributed by atoms with van der Waals surface area (Å²) in [4.78, 5) is 9.99. The minimum atomic E-state index is -4.61. The van der Waals surface area contributed by atoms with Gasteiger partial charge in [-0.25, -0.2) is 0 Å². The van der Waals surface area contributed by atoms with E-state index in [9.17, 15) is 18.4 Å². The quantitative estimate of drug-likeness (QED) is 0.429. The first kappa shape index (κ1) is 15.1.